The number of aromatic nitrogens is 3. The standard InChI is InChI=1S/C14H10ClN5OS/c1-20(12-3-2-8(15)10(6-16)18-12)7-11-17-9-4-5-22-13(9)14(21)19-11/h2-5H,7H2,1H3,(H,17,19,21). The Morgan fingerprint density at radius 2 is 2.23 bits per heavy atom. The van der Waals surface area contributed by atoms with Gasteiger partial charge in [-0.05, 0) is 23.6 Å². The molecule has 3 heterocycles. The van der Waals surface area contributed by atoms with E-state index in [2.05, 4.69) is 15.0 Å². The van der Waals surface area contributed by atoms with E-state index in [-0.39, 0.29) is 11.3 Å². The molecule has 0 fully saturated rings. The Morgan fingerprint density at radius 3 is 3.00 bits per heavy atom. The maximum Gasteiger partial charge on any atom is 0.268 e. The molecule has 0 aromatic carbocycles. The summed E-state index contributed by atoms with van der Waals surface area (Å²) in [6.07, 6.45) is 0. The van der Waals surface area contributed by atoms with E-state index in [0.717, 1.165) is 0 Å². The van der Waals surface area contributed by atoms with Gasteiger partial charge in [-0.2, -0.15) is 5.26 Å². The highest BCUT2D eigenvalue weighted by atomic mass is 35.5. The van der Waals surface area contributed by atoms with Gasteiger partial charge in [-0.3, -0.25) is 4.79 Å². The zero-order valence-corrected chi connectivity index (χ0v) is 13.1. The second-order valence-corrected chi connectivity index (χ2v) is 5.94. The van der Waals surface area contributed by atoms with Gasteiger partial charge < -0.3 is 9.88 Å². The molecule has 110 valence electrons. The van der Waals surface area contributed by atoms with Crippen LogP contribution in [0.5, 0.6) is 0 Å². The first kappa shape index (κ1) is 14.5. The van der Waals surface area contributed by atoms with Crippen LogP contribution in [0.15, 0.2) is 28.4 Å². The molecule has 3 rings (SSSR count). The monoisotopic (exact) mass is 331 g/mol. The zero-order chi connectivity index (χ0) is 15.7. The van der Waals surface area contributed by atoms with Gasteiger partial charge in [0.2, 0.25) is 0 Å². The third-order valence-corrected chi connectivity index (χ3v) is 4.29. The van der Waals surface area contributed by atoms with Crippen molar-refractivity contribution in [2.45, 2.75) is 6.54 Å². The van der Waals surface area contributed by atoms with Crippen LogP contribution in [0.1, 0.15) is 11.5 Å². The Morgan fingerprint density at radius 1 is 1.41 bits per heavy atom. The van der Waals surface area contributed by atoms with E-state index in [1.165, 1.54) is 11.3 Å². The predicted octanol–water partition coefficient (Wildman–Crippen LogP) is 2.54. The lowest BCUT2D eigenvalue weighted by Gasteiger charge is -2.17. The first-order valence-electron chi connectivity index (χ1n) is 6.32. The van der Waals surface area contributed by atoms with Crippen molar-refractivity contribution in [1.29, 1.82) is 5.26 Å². The summed E-state index contributed by atoms with van der Waals surface area (Å²) in [5.74, 6) is 1.11. The summed E-state index contributed by atoms with van der Waals surface area (Å²) in [6.45, 7) is 0.362. The Kier molecular flexibility index (Phi) is 3.79. The summed E-state index contributed by atoms with van der Waals surface area (Å²) in [5, 5.41) is 11.1. The van der Waals surface area contributed by atoms with Gasteiger partial charge in [-0.15, -0.1) is 11.3 Å². The first-order valence-corrected chi connectivity index (χ1v) is 7.58. The first-order chi connectivity index (χ1) is 10.6. The zero-order valence-electron chi connectivity index (χ0n) is 11.5. The summed E-state index contributed by atoms with van der Waals surface area (Å²) >= 11 is 7.23. The summed E-state index contributed by atoms with van der Waals surface area (Å²) < 4.78 is 0.614. The molecule has 0 aliphatic carbocycles. The molecule has 0 unspecified atom stereocenters. The molecule has 0 spiro atoms. The molecule has 0 saturated carbocycles. The Hall–Kier alpha value is -2.43. The number of nitriles is 1. The molecule has 8 heteroatoms. The van der Waals surface area contributed by atoms with E-state index in [1.54, 1.807) is 24.1 Å². The number of pyridine rings is 1. The summed E-state index contributed by atoms with van der Waals surface area (Å²) in [4.78, 5) is 25.1. The lowest BCUT2D eigenvalue weighted by Crippen LogP contribution is -2.22. The number of aromatic amines is 1. The van der Waals surface area contributed by atoms with Crippen molar-refractivity contribution in [3.8, 4) is 6.07 Å². The Labute approximate surface area is 134 Å². The number of H-pyrrole nitrogens is 1. The number of fused-ring (bicyclic) bond motifs is 1. The second kappa shape index (κ2) is 5.75. The number of hydrogen-bond acceptors (Lipinski definition) is 6. The fourth-order valence-electron chi connectivity index (χ4n) is 2.03. The SMILES string of the molecule is CN(Cc1nc2ccsc2c(=O)[nH]1)c1ccc(Cl)c(C#N)n1. The molecule has 22 heavy (non-hydrogen) atoms. The van der Waals surface area contributed by atoms with Gasteiger partial charge in [0.15, 0.2) is 5.69 Å². The minimum Gasteiger partial charge on any atom is -0.352 e. The van der Waals surface area contributed by atoms with Crippen molar-refractivity contribution in [2.75, 3.05) is 11.9 Å². The number of anilines is 1. The lowest BCUT2D eigenvalue weighted by molar-refractivity contribution is 0.826. The van der Waals surface area contributed by atoms with Crippen molar-refractivity contribution in [3.05, 3.63) is 50.5 Å². The molecular weight excluding hydrogens is 322 g/mol. The van der Waals surface area contributed by atoms with Crippen molar-refractivity contribution < 1.29 is 0 Å². The topological polar surface area (TPSA) is 85.7 Å². The van der Waals surface area contributed by atoms with Gasteiger partial charge in [0, 0.05) is 7.05 Å². The van der Waals surface area contributed by atoms with Crippen LogP contribution >= 0.6 is 22.9 Å². The van der Waals surface area contributed by atoms with E-state index < -0.39 is 0 Å². The number of halogens is 1. The number of thiophene rings is 1. The van der Waals surface area contributed by atoms with Crippen LogP contribution in [0.3, 0.4) is 0 Å². The molecule has 0 bridgehead atoms. The largest absolute Gasteiger partial charge is 0.352 e. The molecule has 0 aliphatic heterocycles. The minimum atomic E-state index is -0.148. The van der Waals surface area contributed by atoms with E-state index in [9.17, 15) is 4.79 Å². The quantitative estimate of drug-likeness (QED) is 0.797. The number of rotatable bonds is 3. The fraction of sp³-hybridized carbons (Fsp3) is 0.143. The highest BCUT2D eigenvalue weighted by Crippen LogP contribution is 2.19. The Bertz CT molecular complexity index is 942. The van der Waals surface area contributed by atoms with Gasteiger partial charge >= 0.3 is 0 Å². The smallest absolute Gasteiger partial charge is 0.268 e. The molecule has 0 amide bonds. The van der Waals surface area contributed by atoms with Crippen LogP contribution < -0.4 is 10.5 Å². The van der Waals surface area contributed by atoms with Crippen molar-refractivity contribution in [2.24, 2.45) is 0 Å². The van der Waals surface area contributed by atoms with Crippen molar-refractivity contribution in [1.82, 2.24) is 15.0 Å². The average Bonchev–Trinajstić information content (AvgIpc) is 2.96. The van der Waals surface area contributed by atoms with E-state index >= 15 is 0 Å². The Balaban J connectivity index is 1.91. The third kappa shape index (κ3) is 2.66. The fourth-order valence-corrected chi connectivity index (χ4v) is 2.90. The highest BCUT2D eigenvalue weighted by molar-refractivity contribution is 7.17. The van der Waals surface area contributed by atoms with Crippen LogP contribution in [-0.4, -0.2) is 22.0 Å². The van der Waals surface area contributed by atoms with Gasteiger partial charge in [0.1, 0.15) is 22.4 Å². The summed E-state index contributed by atoms with van der Waals surface area (Å²) in [5.41, 5.74) is 0.699. The normalized spacial score (nSPS) is 10.6. The van der Waals surface area contributed by atoms with Gasteiger partial charge in [-0.25, -0.2) is 9.97 Å². The molecule has 0 saturated heterocycles. The maximum atomic E-state index is 11.9. The number of hydrogen-bond donors (Lipinski definition) is 1. The van der Waals surface area contributed by atoms with Crippen LogP contribution in [0.4, 0.5) is 5.82 Å². The predicted molar refractivity (Wildman–Crippen MR) is 86.3 cm³/mol. The average molecular weight is 332 g/mol. The van der Waals surface area contributed by atoms with E-state index in [4.69, 9.17) is 16.9 Å². The molecule has 0 radical (unpaired) electrons. The van der Waals surface area contributed by atoms with Crippen LogP contribution in [0.25, 0.3) is 10.2 Å². The minimum absolute atomic E-state index is 0.148. The van der Waals surface area contributed by atoms with Crippen LogP contribution in [-0.2, 0) is 6.54 Å². The lowest BCUT2D eigenvalue weighted by atomic mass is 10.3. The maximum absolute atomic E-state index is 11.9. The highest BCUT2D eigenvalue weighted by Gasteiger charge is 2.10. The molecule has 3 aromatic rings. The van der Waals surface area contributed by atoms with Gasteiger partial charge in [0.05, 0.1) is 17.1 Å². The van der Waals surface area contributed by atoms with Gasteiger partial charge in [0.25, 0.3) is 5.56 Å². The molecule has 0 atom stereocenters. The second-order valence-electron chi connectivity index (χ2n) is 4.62. The summed E-state index contributed by atoms with van der Waals surface area (Å²) in [7, 11) is 1.80. The third-order valence-electron chi connectivity index (χ3n) is 3.08. The molecular formula is C14H10ClN5OS. The van der Waals surface area contributed by atoms with Crippen LogP contribution in [0.2, 0.25) is 5.02 Å². The van der Waals surface area contributed by atoms with Crippen LogP contribution in [0, 0.1) is 11.3 Å². The van der Waals surface area contributed by atoms with Gasteiger partial charge in [-0.1, -0.05) is 11.6 Å². The molecule has 0 aliphatic rings. The van der Waals surface area contributed by atoms with Crippen molar-refractivity contribution in [3.63, 3.8) is 0 Å². The van der Waals surface area contributed by atoms with E-state index in [1.807, 2.05) is 17.5 Å². The van der Waals surface area contributed by atoms with Crippen molar-refractivity contribution >= 4 is 39.0 Å². The molecule has 1 N–H and O–H groups in total. The number of nitrogens with one attached hydrogen (secondary N) is 1. The number of nitrogens with zero attached hydrogens (tertiary/aromatic N) is 4. The summed E-state index contributed by atoms with van der Waals surface area (Å²) in [6, 6.07) is 7.09. The van der Waals surface area contributed by atoms with E-state index in [0.29, 0.717) is 33.4 Å². The molecule has 3 aromatic heterocycles. The molecule has 6 nitrogen and oxygen atoms in total.